The van der Waals surface area contributed by atoms with E-state index < -0.39 is 0 Å². The minimum atomic E-state index is -0.309. The number of halogens is 1. The lowest BCUT2D eigenvalue weighted by Gasteiger charge is -2.28. The summed E-state index contributed by atoms with van der Waals surface area (Å²) in [6, 6.07) is 6.32. The van der Waals surface area contributed by atoms with Gasteiger partial charge in [-0.3, -0.25) is 0 Å². The molecule has 1 aromatic rings. The van der Waals surface area contributed by atoms with Crippen LogP contribution in [-0.4, -0.2) is 25.2 Å². The average Bonchev–Trinajstić information content (AvgIpc) is 2.42. The van der Waals surface area contributed by atoms with Crippen LogP contribution >= 0.6 is 0 Å². The Morgan fingerprint density at radius 2 is 1.68 bits per heavy atom. The normalized spacial score (nSPS) is 22.8. The first-order valence-electron chi connectivity index (χ1n) is 6.67. The Morgan fingerprint density at radius 1 is 1.11 bits per heavy atom. The lowest BCUT2D eigenvalue weighted by atomic mass is 9.91. The summed E-state index contributed by atoms with van der Waals surface area (Å²) in [7, 11) is 1.97. The van der Waals surface area contributed by atoms with Crippen molar-refractivity contribution < 1.29 is 9.18 Å². The minimum Gasteiger partial charge on any atom is -0.335 e. The summed E-state index contributed by atoms with van der Waals surface area (Å²) in [5, 5.41) is 8.92. The molecule has 3 N–H and O–H groups in total. The minimum absolute atomic E-state index is 0.223. The first kappa shape index (κ1) is 13.8. The molecule has 19 heavy (non-hydrogen) atoms. The van der Waals surface area contributed by atoms with Crippen molar-refractivity contribution in [2.45, 2.75) is 37.8 Å². The zero-order chi connectivity index (χ0) is 13.7. The average molecular weight is 265 g/mol. The van der Waals surface area contributed by atoms with Crippen LogP contribution in [-0.2, 0) is 0 Å². The van der Waals surface area contributed by atoms with Gasteiger partial charge in [0.05, 0.1) is 0 Å². The van der Waals surface area contributed by atoms with E-state index >= 15 is 0 Å². The van der Waals surface area contributed by atoms with Crippen LogP contribution in [0.5, 0.6) is 0 Å². The fourth-order valence-electron chi connectivity index (χ4n) is 2.41. The maximum atomic E-state index is 12.7. The predicted octanol–water partition coefficient (Wildman–Crippen LogP) is 2.48. The topological polar surface area (TPSA) is 53.2 Å². The zero-order valence-corrected chi connectivity index (χ0v) is 11.1. The number of urea groups is 1. The van der Waals surface area contributed by atoms with Crippen LogP contribution in [0.4, 0.5) is 14.9 Å². The quantitative estimate of drug-likeness (QED) is 0.786. The number of anilines is 1. The second-order valence-corrected chi connectivity index (χ2v) is 4.94. The van der Waals surface area contributed by atoms with Crippen molar-refractivity contribution in [1.82, 2.24) is 10.6 Å². The molecule has 0 spiro atoms. The molecule has 4 nitrogen and oxygen atoms in total. The fraction of sp³-hybridized carbons (Fsp3) is 0.500. The largest absolute Gasteiger partial charge is 0.335 e. The van der Waals surface area contributed by atoms with E-state index in [4.69, 9.17) is 0 Å². The summed E-state index contributed by atoms with van der Waals surface area (Å²) < 4.78 is 12.7. The monoisotopic (exact) mass is 265 g/mol. The number of hydrogen-bond acceptors (Lipinski definition) is 2. The van der Waals surface area contributed by atoms with Crippen LogP contribution in [0.2, 0.25) is 0 Å². The first-order chi connectivity index (χ1) is 9.17. The number of hydrogen-bond donors (Lipinski definition) is 3. The Labute approximate surface area is 112 Å². The van der Waals surface area contributed by atoms with Gasteiger partial charge in [-0.1, -0.05) is 0 Å². The van der Waals surface area contributed by atoms with Gasteiger partial charge in [0.25, 0.3) is 0 Å². The van der Waals surface area contributed by atoms with Crippen LogP contribution in [0, 0.1) is 5.82 Å². The molecule has 0 heterocycles. The summed E-state index contributed by atoms with van der Waals surface area (Å²) >= 11 is 0. The van der Waals surface area contributed by atoms with Crippen LogP contribution in [0.1, 0.15) is 25.7 Å². The van der Waals surface area contributed by atoms with E-state index in [1.165, 1.54) is 12.1 Å². The SMILES string of the molecule is CNC1CCC(NC(=O)Nc2ccc(F)cc2)CC1. The third-order valence-electron chi connectivity index (χ3n) is 3.57. The van der Waals surface area contributed by atoms with Crippen molar-refractivity contribution in [3.8, 4) is 0 Å². The highest BCUT2D eigenvalue weighted by Crippen LogP contribution is 2.18. The molecular formula is C14H20FN3O. The Hall–Kier alpha value is -1.62. The molecule has 1 fully saturated rings. The molecule has 5 heteroatoms. The van der Waals surface area contributed by atoms with E-state index in [0.29, 0.717) is 11.7 Å². The Kier molecular flexibility index (Phi) is 4.74. The highest BCUT2D eigenvalue weighted by atomic mass is 19.1. The molecule has 1 aromatic carbocycles. The third-order valence-corrected chi connectivity index (χ3v) is 3.57. The van der Waals surface area contributed by atoms with Gasteiger partial charge in [0.15, 0.2) is 0 Å². The van der Waals surface area contributed by atoms with Crippen molar-refractivity contribution in [3.63, 3.8) is 0 Å². The van der Waals surface area contributed by atoms with Crippen molar-refractivity contribution in [1.29, 1.82) is 0 Å². The van der Waals surface area contributed by atoms with E-state index in [1.807, 2.05) is 7.05 Å². The summed E-state index contributed by atoms with van der Waals surface area (Å²) in [6.07, 6.45) is 4.14. The predicted molar refractivity (Wildman–Crippen MR) is 73.7 cm³/mol. The van der Waals surface area contributed by atoms with Crippen LogP contribution in [0.15, 0.2) is 24.3 Å². The molecule has 0 saturated heterocycles. The van der Waals surface area contributed by atoms with E-state index in [-0.39, 0.29) is 17.9 Å². The highest BCUT2D eigenvalue weighted by molar-refractivity contribution is 5.89. The van der Waals surface area contributed by atoms with Gasteiger partial charge in [-0.15, -0.1) is 0 Å². The molecule has 0 atom stereocenters. The van der Waals surface area contributed by atoms with Gasteiger partial charge in [0.2, 0.25) is 0 Å². The Balaban J connectivity index is 1.77. The summed E-state index contributed by atoms with van der Waals surface area (Å²) in [4.78, 5) is 11.8. The molecule has 0 radical (unpaired) electrons. The molecule has 0 bridgehead atoms. The molecule has 104 valence electrons. The van der Waals surface area contributed by atoms with Gasteiger partial charge < -0.3 is 16.0 Å². The maximum Gasteiger partial charge on any atom is 0.319 e. The zero-order valence-electron chi connectivity index (χ0n) is 11.1. The molecule has 1 aliphatic carbocycles. The second-order valence-electron chi connectivity index (χ2n) is 4.94. The standard InChI is InChI=1S/C14H20FN3O/c1-16-11-6-8-13(9-7-11)18-14(19)17-12-4-2-10(15)3-5-12/h2-5,11,13,16H,6-9H2,1H3,(H2,17,18,19). The Morgan fingerprint density at radius 3 is 2.26 bits per heavy atom. The molecule has 0 unspecified atom stereocenters. The van der Waals surface area contributed by atoms with Gasteiger partial charge in [-0.25, -0.2) is 9.18 Å². The van der Waals surface area contributed by atoms with Crippen LogP contribution in [0.3, 0.4) is 0 Å². The molecule has 1 saturated carbocycles. The highest BCUT2D eigenvalue weighted by Gasteiger charge is 2.21. The Bertz CT molecular complexity index is 413. The lowest BCUT2D eigenvalue weighted by Crippen LogP contribution is -2.43. The molecule has 2 amide bonds. The van der Waals surface area contributed by atoms with Crippen LogP contribution < -0.4 is 16.0 Å². The van der Waals surface area contributed by atoms with Crippen molar-refractivity contribution in [2.75, 3.05) is 12.4 Å². The summed E-state index contributed by atoms with van der Waals surface area (Å²) in [5.41, 5.74) is 0.600. The lowest BCUT2D eigenvalue weighted by molar-refractivity contribution is 0.241. The fourth-order valence-corrected chi connectivity index (χ4v) is 2.41. The molecule has 0 aromatic heterocycles. The molecular weight excluding hydrogens is 245 g/mol. The van der Waals surface area contributed by atoms with Gasteiger partial charge in [0.1, 0.15) is 5.82 Å². The van der Waals surface area contributed by atoms with E-state index in [9.17, 15) is 9.18 Å². The number of rotatable bonds is 3. The smallest absolute Gasteiger partial charge is 0.319 e. The number of carbonyl (C=O) groups is 1. The van der Waals surface area contributed by atoms with Gasteiger partial charge >= 0.3 is 6.03 Å². The van der Waals surface area contributed by atoms with E-state index in [1.54, 1.807) is 12.1 Å². The number of carbonyl (C=O) groups excluding carboxylic acids is 1. The van der Waals surface area contributed by atoms with Crippen molar-refractivity contribution >= 4 is 11.7 Å². The van der Waals surface area contributed by atoms with Crippen molar-refractivity contribution in [3.05, 3.63) is 30.1 Å². The molecule has 0 aliphatic heterocycles. The van der Waals surface area contributed by atoms with Gasteiger partial charge in [-0.2, -0.15) is 0 Å². The summed E-state index contributed by atoms with van der Waals surface area (Å²) in [5.74, 6) is -0.309. The molecule has 2 rings (SSSR count). The third kappa shape index (κ3) is 4.21. The van der Waals surface area contributed by atoms with Crippen LogP contribution in [0.25, 0.3) is 0 Å². The maximum absolute atomic E-state index is 12.7. The number of nitrogens with one attached hydrogen (secondary N) is 3. The summed E-state index contributed by atoms with van der Waals surface area (Å²) in [6.45, 7) is 0. The van der Waals surface area contributed by atoms with Gasteiger partial charge in [-0.05, 0) is 57.0 Å². The second kappa shape index (κ2) is 6.52. The number of amides is 2. The van der Waals surface area contributed by atoms with E-state index in [2.05, 4.69) is 16.0 Å². The van der Waals surface area contributed by atoms with Crippen molar-refractivity contribution in [2.24, 2.45) is 0 Å². The number of benzene rings is 1. The van der Waals surface area contributed by atoms with E-state index in [0.717, 1.165) is 25.7 Å². The first-order valence-corrected chi connectivity index (χ1v) is 6.67. The molecule has 1 aliphatic rings. The van der Waals surface area contributed by atoms with Gasteiger partial charge in [0, 0.05) is 17.8 Å².